The van der Waals surface area contributed by atoms with Crippen LogP contribution in [0.4, 0.5) is 0 Å². The molecular formula is C11H17ClN2O2S. The van der Waals surface area contributed by atoms with Crippen molar-refractivity contribution in [1.82, 2.24) is 10.0 Å². The summed E-state index contributed by atoms with van der Waals surface area (Å²) in [5.41, 5.74) is 0.574. The Morgan fingerprint density at radius 1 is 1.29 bits per heavy atom. The smallest absolute Gasteiger partial charge is 0.240 e. The molecule has 0 aliphatic rings. The summed E-state index contributed by atoms with van der Waals surface area (Å²) in [5, 5.41) is 3.50. The minimum Gasteiger partial charge on any atom is -0.316 e. The second kappa shape index (κ2) is 6.35. The van der Waals surface area contributed by atoms with E-state index in [4.69, 9.17) is 11.6 Å². The number of benzene rings is 1. The van der Waals surface area contributed by atoms with Gasteiger partial charge in [0.15, 0.2) is 0 Å². The van der Waals surface area contributed by atoms with Crippen molar-refractivity contribution in [1.29, 1.82) is 0 Å². The van der Waals surface area contributed by atoms with Gasteiger partial charge in [-0.1, -0.05) is 24.6 Å². The first-order valence-corrected chi connectivity index (χ1v) is 7.30. The Bertz CT molecular complexity index is 474. The van der Waals surface area contributed by atoms with Gasteiger partial charge in [-0.05, 0) is 31.2 Å². The fourth-order valence-corrected chi connectivity index (χ4v) is 2.93. The number of halogens is 1. The van der Waals surface area contributed by atoms with E-state index in [0.717, 1.165) is 6.54 Å². The van der Waals surface area contributed by atoms with Crippen molar-refractivity contribution in [2.24, 2.45) is 0 Å². The summed E-state index contributed by atoms with van der Waals surface area (Å²) < 4.78 is 26.5. The lowest BCUT2D eigenvalue weighted by molar-refractivity contribution is 0.577. The first-order valence-electron chi connectivity index (χ1n) is 5.44. The molecule has 6 heteroatoms. The third-order valence-corrected chi connectivity index (χ3v) is 4.37. The fraction of sp³-hybridized carbons (Fsp3) is 0.455. The Labute approximate surface area is 107 Å². The van der Waals surface area contributed by atoms with E-state index in [9.17, 15) is 8.42 Å². The molecule has 1 aromatic rings. The third-order valence-electron chi connectivity index (χ3n) is 2.35. The molecule has 0 saturated carbocycles. The lowest BCUT2D eigenvalue weighted by atomic mass is 10.2. The average Bonchev–Trinajstić information content (AvgIpc) is 2.28. The van der Waals surface area contributed by atoms with E-state index in [-0.39, 0.29) is 4.90 Å². The van der Waals surface area contributed by atoms with Gasteiger partial charge in [-0.15, -0.1) is 0 Å². The van der Waals surface area contributed by atoms with Crippen molar-refractivity contribution in [3.8, 4) is 0 Å². The van der Waals surface area contributed by atoms with Crippen LogP contribution in [-0.2, 0) is 10.0 Å². The Balaban J connectivity index is 2.79. The second-order valence-corrected chi connectivity index (χ2v) is 5.76. The van der Waals surface area contributed by atoms with E-state index in [1.54, 1.807) is 25.1 Å². The zero-order valence-corrected chi connectivity index (χ0v) is 11.5. The number of rotatable bonds is 6. The van der Waals surface area contributed by atoms with Crippen LogP contribution in [0.2, 0.25) is 5.02 Å². The highest BCUT2D eigenvalue weighted by Crippen LogP contribution is 2.22. The molecule has 0 heterocycles. The van der Waals surface area contributed by atoms with Crippen LogP contribution in [0.5, 0.6) is 0 Å². The zero-order valence-electron chi connectivity index (χ0n) is 9.96. The predicted octanol–water partition coefficient (Wildman–Crippen LogP) is 1.54. The molecule has 0 aliphatic carbocycles. The van der Waals surface area contributed by atoms with Crippen LogP contribution < -0.4 is 10.0 Å². The summed E-state index contributed by atoms with van der Waals surface area (Å²) in [4.78, 5) is 0.237. The van der Waals surface area contributed by atoms with Gasteiger partial charge in [0.25, 0.3) is 0 Å². The molecule has 1 aromatic carbocycles. The molecule has 0 aromatic heterocycles. The van der Waals surface area contributed by atoms with Crippen molar-refractivity contribution in [3.63, 3.8) is 0 Å². The van der Waals surface area contributed by atoms with E-state index in [1.807, 2.05) is 6.92 Å². The molecule has 96 valence electrons. The highest BCUT2D eigenvalue weighted by Gasteiger charge is 2.16. The molecule has 4 nitrogen and oxygen atoms in total. The normalized spacial score (nSPS) is 11.7. The zero-order chi connectivity index (χ0) is 12.9. The van der Waals surface area contributed by atoms with Gasteiger partial charge in [0.1, 0.15) is 0 Å². The van der Waals surface area contributed by atoms with Crippen LogP contribution in [0.1, 0.15) is 12.5 Å². The van der Waals surface area contributed by atoms with Crippen molar-refractivity contribution in [3.05, 3.63) is 28.8 Å². The minimum absolute atomic E-state index is 0.237. The summed E-state index contributed by atoms with van der Waals surface area (Å²) in [5.74, 6) is 0. The first-order chi connectivity index (χ1) is 7.99. The van der Waals surface area contributed by atoms with Crippen LogP contribution in [0.3, 0.4) is 0 Å². The third kappa shape index (κ3) is 3.96. The molecule has 0 spiro atoms. The number of hydrogen-bond donors (Lipinski definition) is 2. The Kier molecular flexibility index (Phi) is 5.39. The molecular weight excluding hydrogens is 260 g/mol. The number of hydrogen-bond acceptors (Lipinski definition) is 3. The van der Waals surface area contributed by atoms with E-state index in [2.05, 4.69) is 10.0 Å². The molecule has 1 rings (SSSR count). The van der Waals surface area contributed by atoms with Crippen LogP contribution >= 0.6 is 11.6 Å². The lowest BCUT2D eigenvalue weighted by Gasteiger charge is -2.10. The predicted molar refractivity (Wildman–Crippen MR) is 69.9 cm³/mol. The topological polar surface area (TPSA) is 58.2 Å². The van der Waals surface area contributed by atoms with Gasteiger partial charge in [0, 0.05) is 18.1 Å². The molecule has 0 aliphatic heterocycles. The maximum Gasteiger partial charge on any atom is 0.240 e. The minimum atomic E-state index is -3.47. The molecule has 2 N–H and O–H groups in total. The Hall–Kier alpha value is -0.620. The second-order valence-electron chi connectivity index (χ2n) is 3.61. The highest BCUT2D eigenvalue weighted by atomic mass is 35.5. The summed E-state index contributed by atoms with van der Waals surface area (Å²) in [6, 6.07) is 4.86. The maximum absolute atomic E-state index is 12.0. The number of sulfonamides is 1. The molecule has 0 unspecified atom stereocenters. The average molecular weight is 277 g/mol. The standard InChI is InChI=1S/C11H17ClN2O2S/c1-3-13-7-8-14-17(15,16)11-6-4-5-10(12)9(11)2/h4-6,13-14H,3,7-8H2,1-2H3. The molecule has 0 fully saturated rings. The van der Waals surface area contributed by atoms with E-state index in [1.165, 1.54) is 0 Å². The van der Waals surface area contributed by atoms with Gasteiger partial charge in [-0.2, -0.15) is 0 Å². The van der Waals surface area contributed by atoms with Gasteiger partial charge in [0.2, 0.25) is 10.0 Å². The van der Waals surface area contributed by atoms with Crippen molar-refractivity contribution in [2.45, 2.75) is 18.7 Å². The largest absolute Gasteiger partial charge is 0.316 e. The molecule has 0 atom stereocenters. The summed E-state index contributed by atoms with van der Waals surface area (Å²) in [7, 11) is -3.47. The lowest BCUT2D eigenvalue weighted by Crippen LogP contribution is -2.32. The van der Waals surface area contributed by atoms with Crippen LogP contribution in [0, 0.1) is 6.92 Å². The van der Waals surface area contributed by atoms with Gasteiger partial charge in [0.05, 0.1) is 4.90 Å². The SMILES string of the molecule is CCNCCNS(=O)(=O)c1cccc(Cl)c1C. The van der Waals surface area contributed by atoms with E-state index in [0.29, 0.717) is 23.7 Å². The monoisotopic (exact) mass is 276 g/mol. The molecule has 0 saturated heterocycles. The quantitative estimate of drug-likeness (QED) is 0.775. The molecule has 0 amide bonds. The van der Waals surface area contributed by atoms with Crippen LogP contribution in [-0.4, -0.2) is 28.1 Å². The molecule has 0 radical (unpaired) electrons. The van der Waals surface area contributed by atoms with Crippen molar-refractivity contribution < 1.29 is 8.42 Å². The van der Waals surface area contributed by atoms with Crippen LogP contribution in [0.15, 0.2) is 23.1 Å². The maximum atomic E-state index is 12.0. The van der Waals surface area contributed by atoms with Gasteiger partial charge < -0.3 is 5.32 Å². The van der Waals surface area contributed by atoms with Gasteiger partial charge >= 0.3 is 0 Å². The van der Waals surface area contributed by atoms with E-state index < -0.39 is 10.0 Å². The van der Waals surface area contributed by atoms with Crippen molar-refractivity contribution in [2.75, 3.05) is 19.6 Å². The summed E-state index contributed by atoms with van der Waals surface area (Å²) in [6.45, 7) is 5.45. The fourth-order valence-electron chi connectivity index (χ4n) is 1.41. The molecule has 0 bridgehead atoms. The Morgan fingerprint density at radius 3 is 2.65 bits per heavy atom. The highest BCUT2D eigenvalue weighted by molar-refractivity contribution is 7.89. The van der Waals surface area contributed by atoms with E-state index >= 15 is 0 Å². The van der Waals surface area contributed by atoms with Gasteiger partial charge in [-0.25, -0.2) is 13.1 Å². The first kappa shape index (κ1) is 14.4. The summed E-state index contributed by atoms with van der Waals surface area (Å²) in [6.07, 6.45) is 0. The number of nitrogens with one attached hydrogen (secondary N) is 2. The van der Waals surface area contributed by atoms with Gasteiger partial charge in [-0.3, -0.25) is 0 Å². The summed E-state index contributed by atoms with van der Waals surface area (Å²) >= 11 is 5.90. The number of likely N-dealkylation sites (N-methyl/N-ethyl adjacent to an activating group) is 1. The van der Waals surface area contributed by atoms with Crippen LogP contribution in [0.25, 0.3) is 0 Å². The molecule has 17 heavy (non-hydrogen) atoms. The Morgan fingerprint density at radius 2 is 2.00 bits per heavy atom. The van der Waals surface area contributed by atoms with Crippen molar-refractivity contribution >= 4 is 21.6 Å².